The molecule has 1 aromatic rings. The first-order chi connectivity index (χ1) is 9.00. The fraction of sp³-hybridized carbons (Fsp3) is 0.667. The van der Waals surface area contributed by atoms with E-state index >= 15 is 0 Å². The molecule has 6 nitrogen and oxygen atoms in total. The Bertz CT molecular complexity index is 544. The molecular weight excluding hydrogens is 266 g/mol. The molecule has 1 aromatic heterocycles. The maximum Gasteiger partial charge on any atom is 0.266 e. The van der Waals surface area contributed by atoms with Gasteiger partial charge in [0.2, 0.25) is 0 Å². The molecule has 1 aliphatic rings. The van der Waals surface area contributed by atoms with Crippen LogP contribution in [0.25, 0.3) is 0 Å². The molecule has 1 saturated carbocycles. The Balaban J connectivity index is 2.01. The zero-order chi connectivity index (χ0) is 13.9. The second kappa shape index (κ2) is 5.73. The number of amides is 1. The van der Waals surface area contributed by atoms with Gasteiger partial charge in [0.1, 0.15) is 5.69 Å². The maximum atomic E-state index is 12.2. The Hall–Kier alpha value is -1.37. The van der Waals surface area contributed by atoms with Crippen LogP contribution < -0.4 is 5.73 Å². The minimum Gasteiger partial charge on any atom is -0.364 e. The molecule has 0 unspecified atom stereocenters. The van der Waals surface area contributed by atoms with E-state index in [1.807, 2.05) is 0 Å². The van der Waals surface area contributed by atoms with Gasteiger partial charge in [0.15, 0.2) is 9.84 Å². The highest BCUT2D eigenvalue weighted by Gasteiger charge is 2.27. The first-order valence-corrected chi connectivity index (χ1v) is 8.25. The molecule has 0 spiro atoms. The van der Waals surface area contributed by atoms with E-state index in [4.69, 9.17) is 5.73 Å². The van der Waals surface area contributed by atoms with Gasteiger partial charge in [0.05, 0.1) is 17.5 Å². The largest absolute Gasteiger partial charge is 0.364 e. The third-order valence-corrected chi connectivity index (χ3v) is 5.86. The fourth-order valence-corrected chi connectivity index (χ4v) is 4.34. The normalized spacial score (nSPS) is 17.5. The number of carbonyl (C=O) groups excluding carboxylic acids is 1. The summed E-state index contributed by atoms with van der Waals surface area (Å²) >= 11 is 0. The zero-order valence-electron chi connectivity index (χ0n) is 10.8. The number of carbonyl (C=O) groups is 1. The summed E-state index contributed by atoms with van der Waals surface area (Å²) in [6.07, 6.45) is 6.05. The minimum absolute atomic E-state index is 0.0135. The van der Waals surface area contributed by atoms with Gasteiger partial charge in [-0.25, -0.2) is 8.42 Å². The molecular formula is C12H19N3O3S. The van der Waals surface area contributed by atoms with Crippen molar-refractivity contribution in [2.75, 3.05) is 5.75 Å². The predicted molar refractivity (Wildman–Crippen MR) is 71.4 cm³/mol. The van der Waals surface area contributed by atoms with E-state index in [-0.39, 0.29) is 23.2 Å². The van der Waals surface area contributed by atoms with Gasteiger partial charge in [0, 0.05) is 6.20 Å². The summed E-state index contributed by atoms with van der Waals surface area (Å²) in [6, 6.07) is 1.50. The molecule has 2 N–H and O–H groups in total. The summed E-state index contributed by atoms with van der Waals surface area (Å²) in [7, 11) is -3.11. The number of aryl methyl sites for hydroxylation is 1. The smallest absolute Gasteiger partial charge is 0.266 e. The Kier molecular flexibility index (Phi) is 4.24. The summed E-state index contributed by atoms with van der Waals surface area (Å²) in [4.78, 5) is 11.1. The molecule has 2 rings (SSSR count). The van der Waals surface area contributed by atoms with Gasteiger partial charge >= 0.3 is 0 Å². The van der Waals surface area contributed by atoms with Crippen molar-refractivity contribution in [1.82, 2.24) is 9.78 Å². The van der Waals surface area contributed by atoms with Crippen molar-refractivity contribution in [1.29, 1.82) is 0 Å². The molecule has 0 atom stereocenters. The average Bonchev–Trinajstić information content (AvgIpc) is 2.86. The topological polar surface area (TPSA) is 95.1 Å². The van der Waals surface area contributed by atoms with Crippen molar-refractivity contribution in [3.63, 3.8) is 0 Å². The van der Waals surface area contributed by atoms with Crippen LogP contribution in [-0.2, 0) is 16.4 Å². The number of nitrogens with zero attached hydrogens (tertiary/aromatic N) is 2. The summed E-state index contributed by atoms with van der Waals surface area (Å²) in [5.74, 6) is -0.577. The highest BCUT2D eigenvalue weighted by Crippen LogP contribution is 2.24. The molecule has 106 valence electrons. The SMILES string of the molecule is NC(=O)c1ccnn1CCS(=O)(=O)C1CCCCC1. The van der Waals surface area contributed by atoms with Gasteiger partial charge < -0.3 is 5.73 Å². The van der Waals surface area contributed by atoms with Crippen molar-refractivity contribution in [2.24, 2.45) is 5.73 Å². The van der Waals surface area contributed by atoms with Crippen molar-refractivity contribution in [3.8, 4) is 0 Å². The minimum atomic E-state index is -3.11. The second-order valence-electron chi connectivity index (χ2n) is 4.93. The Morgan fingerprint density at radius 3 is 2.68 bits per heavy atom. The van der Waals surface area contributed by atoms with Crippen molar-refractivity contribution >= 4 is 15.7 Å². The molecule has 0 aromatic carbocycles. The van der Waals surface area contributed by atoms with Crippen molar-refractivity contribution < 1.29 is 13.2 Å². The van der Waals surface area contributed by atoms with Crippen molar-refractivity contribution in [2.45, 2.75) is 43.9 Å². The second-order valence-corrected chi connectivity index (χ2v) is 7.33. The lowest BCUT2D eigenvalue weighted by Crippen LogP contribution is -2.29. The monoisotopic (exact) mass is 285 g/mol. The quantitative estimate of drug-likeness (QED) is 0.862. The Labute approximate surface area is 112 Å². The average molecular weight is 285 g/mol. The van der Waals surface area contributed by atoms with Crippen LogP contribution in [0.5, 0.6) is 0 Å². The molecule has 1 fully saturated rings. The molecule has 1 amide bonds. The van der Waals surface area contributed by atoms with Crippen molar-refractivity contribution in [3.05, 3.63) is 18.0 Å². The van der Waals surface area contributed by atoms with Crippen LogP contribution >= 0.6 is 0 Å². The first kappa shape index (κ1) is 14.0. The number of hydrogen-bond donors (Lipinski definition) is 1. The maximum absolute atomic E-state index is 12.2. The molecule has 0 radical (unpaired) electrons. The number of hydrogen-bond acceptors (Lipinski definition) is 4. The highest BCUT2D eigenvalue weighted by atomic mass is 32.2. The van der Waals surface area contributed by atoms with E-state index in [0.29, 0.717) is 0 Å². The van der Waals surface area contributed by atoms with Crippen LogP contribution in [0.2, 0.25) is 0 Å². The summed E-state index contributed by atoms with van der Waals surface area (Å²) < 4.78 is 25.8. The van der Waals surface area contributed by atoms with E-state index < -0.39 is 15.7 Å². The number of sulfone groups is 1. The summed E-state index contributed by atoms with van der Waals surface area (Å²) in [6.45, 7) is 0.185. The third kappa shape index (κ3) is 3.34. The summed E-state index contributed by atoms with van der Waals surface area (Å²) in [5, 5.41) is 3.71. The zero-order valence-corrected chi connectivity index (χ0v) is 11.6. The lowest BCUT2D eigenvalue weighted by Gasteiger charge is -2.21. The van der Waals surface area contributed by atoms with Gasteiger partial charge in [-0.15, -0.1) is 0 Å². The van der Waals surface area contributed by atoms with Gasteiger partial charge in [0.25, 0.3) is 5.91 Å². The van der Waals surface area contributed by atoms with Crippen LogP contribution in [0.15, 0.2) is 12.3 Å². The lowest BCUT2D eigenvalue weighted by atomic mass is 10.0. The van der Waals surface area contributed by atoms with Crippen LogP contribution in [0.4, 0.5) is 0 Å². The molecule has 1 aliphatic carbocycles. The van der Waals surface area contributed by atoms with Crippen LogP contribution in [0.1, 0.15) is 42.6 Å². The lowest BCUT2D eigenvalue weighted by molar-refractivity contribution is 0.0990. The highest BCUT2D eigenvalue weighted by molar-refractivity contribution is 7.92. The number of rotatable bonds is 5. The standard InChI is InChI=1S/C12H19N3O3S/c13-12(16)11-6-7-14-15(11)8-9-19(17,18)10-4-2-1-3-5-10/h6-7,10H,1-5,8-9H2,(H2,13,16). The van der Waals surface area contributed by atoms with Gasteiger partial charge in [-0.05, 0) is 18.9 Å². The summed E-state index contributed by atoms with van der Waals surface area (Å²) in [5.41, 5.74) is 5.44. The van der Waals surface area contributed by atoms with Gasteiger partial charge in [-0.1, -0.05) is 19.3 Å². The number of aromatic nitrogens is 2. The van der Waals surface area contributed by atoms with Crippen LogP contribution in [0, 0.1) is 0 Å². The molecule has 7 heteroatoms. The fourth-order valence-electron chi connectivity index (χ4n) is 2.52. The van der Waals surface area contributed by atoms with E-state index in [1.54, 1.807) is 0 Å². The van der Waals surface area contributed by atoms with Crippen LogP contribution in [0.3, 0.4) is 0 Å². The molecule has 0 bridgehead atoms. The molecule has 19 heavy (non-hydrogen) atoms. The number of primary amides is 1. The van der Waals surface area contributed by atoms with Gasteiger partial charge in [-0.2, -0.15) is 5.10 Å². The number of nitrogens with two attached hydrogens (primary N) is 1. The molecule has 1 heterocycles. The van der Waals surface area contributed by atoms with E-state index in [1.165, 1.54) is 16.9 Å². The van der Waals surface area contributed by atoms with E-state index in [9.17, 15) is 13.2 Å². The Morgan fingerprint density at radius 2 is 2.05 bits per heavy atom. The Morgan fingerprint density at radius 1 is 1.37 bits per heavy atom. The van der Waals surface area contributed by atoms with E-state index in [2.05, 4.69) is 5.10 Å². The van der Waals surface area contributed by atoms with Crippen LogP contribution in [-0.4, -0.2) is 35.1 Å². The predicted octanol–water partition coefficient (Wildman–Crippen LogP) is 0.729. The molecule has 0 aliphatic heterocycles. The first-order valence-electron chi connectivity index (χ1n) is 6.54. The molecule has 0 saturated heterocycles. The van der Waals surface area contributed by atoms with Gasteiger partial charge in [-0.3, -0.25) is 9.48 Å². The van der Waals surface area contributed by atoms with E-state index in [0.717, 1.165) is 32.1 Å². The third-order valence-electron chi connectivity index (χ3n) is 3.62.